The molecule has 2 aromatic rings. The van der Waals surface area contributed by atoms with Crippen molar-refractivity contribution in [2.24, 2.45) is 0 Å². The van der Waals surface area contributed by atoms with Crippen molar-refractivity contribution in [1.82, 2.24) is 20.4 Å². The van der Waals surface area contributed by atoms with Gasteiger partial charge in [0, 0.05) is 0 Å². The van der Waals surface area contributed by atoms with Gasteiger partial charge in [-0.05, 0) is 50.5 Å². The van der Waals surface area contributed by atoms with Crippen LogP contribution in [0.5, 0.6) is 0 Å². The molecule has 2 rings (SSSR count). The van der Waals surface area contributed by atoms with Gasteiger partial charge in [0.05, 0.1) is 0 Å². The van der Waals surface area contributed by atoms with Crippen LogP contribution in [0.1, 0.15) is 33.9 Å². The molecule has 0 unspecified atom stereocenters. The predicted molar refractivity (Wildman–Crippen MR) is 71.9 cm³/mol. The second-order valence-electron chi connectivity index (χ2n) is 4.45. The minimum absolute atomic E-state index is 0.528. The lowest BCUT2D eigenvalue weighted by molar-refractivity contribution is 0.795. The Bertz CT molecular complexity index is 562. The van der Waals surface area contributed by atoms with Crippen molar-refractivity contribution in [2.75, 3.05) is 0 Å². The monoisotopic (exact) mass is 240 g/mol. The fourth-order valence-electron chi connectivity index (χ4n) is 1.97. The first kappa shape index (κ1) is 12.4. The fourth-order valence-corrected chi connectivity index (χ4v) is 1.97. The van der Waals surface area contributed by atoms with Crippen molar-refractivity contribution in [2.45, 2.75) is 27.7 Å². The minimum atomic E-state index is 0.528. The molecule has 0 aliphatic carbocycles. The summed E-state index contributed by atoms with van der Waals surface area (Å²) in [5.74, 6) is 1.11. The number of hydrogen-bond acceptors (Lipinski definition) is 4. The lowest BCUT2D eigenvalue weighted by Gasteiger charge is -2.06. The van der Waals surface area contributed by atoms with E-state index in [2.05, 4.69) is 53.3 Å². The van der Waals surface area contributed by atoms with Gasteiger partial charge in [-0.15, -0.1) is 20.4 Å². The molecule has 18 heavy (non-hydrogen) atoms. The van der Waals surface area contributed by atoms with Crippen molar-refractivity contribution in [3.05, 3.63) is 46.0 Å². The Morgan fingerprint density at radius 3 is 1.89 bits per heavy atom. The number of aryl methyl sites for hydroxylation is 4. The van der Waals surface area contributed by atoms with E-state index in [-0.39, 0.29) is 0 Å². The summed E-state index contributed by atoms with van der Waals surface area (Å²) in [4.78, 5) is 0. The molecule has 92 valence electrons. The van der Waals surface area contributed by atoms with Gasteiger partial charge in [-0.3, -0.25) is 0 Å². The molecule has 0 saturated carbocycles. The third-order valence-electron chi connectivity index (χ3n) is 2.73. The number of hydrogen-bond donors (Lipinski definition) is 0. The van der Waals surface area contributed by atoms with Gasteiger partial charge in [0.25, 0.3) is 0 Å². The maximum atomic E-state index is 3.96. The van der Waals surface area contributed by atoms with Crippen LogP contribution in [0.4, 0.5) is 0 Å². The van der Waals surface area contributed by atoms with Gasteiger partial charge in [-0.25, -0.2) is 0 Å². The van der Waals surface area contributed by atoms with E-state index in [1.807, 2.05) is 12.2 Å². The van der Waals surface area contributed by atoms with E-state index >= 15 is 0 Å². The Hall–Kier alpha value is -2.10. The van der Waals surface area contributed by atoms with Gasteiger partial charge in [0.2, 0.25) is 0 Å². The topological polar surface area (TPSA) is 51.6 Å². The molecule has 0 aliphatic rings. The highest BCUT2D eigenvalue weighted by molar-refractivity contribution is 5.70. The summed E-state index contributed by atoms with van der Waals surface area (Å²) >= 11 is 0. The molecule has 4 nitrogen and oxygen atoms in total. The summed E-state index contributed by atoms with van der Waals surface area (Å²) < 4.78 is 0. The van der Waals surface area contributed by atoms with E-state index in [9.17, 15) is 0 Å². The first-order valence-electron chi connectivity index (χ1n) is 5.86. The average Bonchev–Trinajstić information content (AvgIpc) is 2.30. The van der Waals surface area contributed by atoms with Gasteiger partial charge < -0.3 is 0 Å². The predicted octanol–water partition coefficient (Wildman–Crippen LogP) is 2.67. The lowest BCUT2D eigenvalue weighted by Crippen LogP contribution is -1.98. The van der Waals surface area contributed by atoms with Crippen LogP contribution in [0, 0.1) is 27.7 Å². The maximum Gasteiger partial charge on any atom is 0.196 e. The maximum absolute atomic E-state index is 3.96. The third kappa shape index (κ3) is 2.77. The summed E-state index contributed by atoms with van der Waals surface area (Å²) in [6.07, 6.45) is 3.85. The molecule has 0 N–H and O–H groups in total. The number of aromatic nitrogens is 4. The molecule has 0 spiro atoms. The van der Waals surface area contributed by atoms with Gasteiger partial charge >= 0.3 is 0 Å². The first-order valence-corrected chi connectivity index (χ1v) is 5.86. The zero-order valence-corrected chi connectivity index (χ0v) is 11.1. The van der Waals surface area contributed by atoms with E-state index < -0.39 is 0 Å². The quantitative estimate of drug-likeness (QED) is 0.809. The number of rotatable bonds is 2. The normalized spacial score (nSPS) is 11.1. The highest BCUT2D eigenvalue weighted by Crippen LogP contribution is 2.18. The molecule has 0 fully saturated rings. The Balaban J connectivity index is 2.31. The van der Waals surface area contributed by atoms with Crippen LogP contribution in [0.2, 0.25) is 0 Å². The van der Waals surface area contributed by atoms with E-state index in [4.69, 9.17) is 0 Å². The second-order valence-corrected chi connectivity index (χ2v) is 4.45. The molecular weight excluding hydrogens is 224 g/mol. The third-order valence-corrected chi connectivity index (χ3v) is 2.73. The molecule has 0 atom stereocenters. The van der Waals surface area contributed by atoms with Crippen molar-refractivity contribution in [3.63, 3.8) is 0 Å². The standard InChI is InChI=1S/C14H16N4/c1-9-7-10(2)13(11(3)8-9)5-6-14-17-15-12(4)16-18-14/h5-8H,1-4H3/b6-5+. The summed E-state index contributed by atoms with van der Waals surface area (Å²) in [5.41, 5.74) is 4.97. The zero-order chi connectivity index (χ0) is 13.1. The lowest BCUT2D eigenvalue weighted by atomic mass is 9.99. The van der Waals surface area contributed by atoms with Crippen LogP contribution in [0.3, 0.4) is 0 Å². The number of nitrogens with zero attached hydrogens (tertiary/aromatic N) is 4. The molecule has 0 aliphatic heterocycles. The highest BCUT2D eigenvalue weighted by Gasteiger charge is 2.01. The van der Waals surface area contributed by atoms with Crippen LogP contribution < -0.4 is 0 Å². The van der Waals surface area contributed by atoms with E-state index in [0.717, 1.165) is 0 Å². The van der Waals surface area contributed by atoms with E-state index in [0.29, 0.717) is 11.6 Å². The van der Waals surface area contributed by atoms with Crippen molar-refractivity contribution in [3.8, 4) is 0 Å². The smallest absolute Gasteiger partial charge is 0.131 e. The molecule has 0 bridgehead atoms. The summed E-state index contributed by atoms with van der Waals surface area (Å²) in [5, 5.41) is 15.7. The molecule has 1 aromatic heterocycles. The van der Waals surface area contributed by atoms with E-state index in [1.54, 1.807) is 6.92 Å². The van der Waals surface area contributed by atoms with Crippen molar-refractivity contribution < 1.29 is 0 Å². The minimum Gasteiger partial charge on any atom is -0.131 e. The first-order chi connectivity index (χ1) is 8.56. The zero-order valence-electron chi connectivity index (χ0n) is 11.1. The summed E-state index contributed by atoms with van der Waals surface area (Å²) in [6.45, 7) is 8.07. The average molecular weight is 240 g/mol. The number of benzene rings is 1. The molecule has 0 amide bonds. The SMILES string of the molecule is Cc1cc(C)c(/C=C/c2nnc(C)nn2)c(C)c1. The highest BCUT2D eigenvalue weighted by atomic mass is 15.3. The molecular formula is C14H16N4. The largest absolute Gasteiger partial charge is 0.196 e. The Kier molecular flexibility index (Phi) is 3.46. The van der Waals surface area contributed by atoms with Crippen molar-refractivity contribution in [1.29, 1.82) is 0 Å². The van der Waals surface area contributed by atoms with Crippen LogP contribution in [-0.2, 0) is 0 Å². The molecule has 0 radical (unpaired) electrons. The second kappa shape index (κ2) is 5.04. The van der Waals surface area contributed by atoms with Gasteiger partial charge in [-0.2, -0.15) is 0 Å². The van der Waals surface area contributed by atoms with Crippen LogP contribution in [-0.4, -0.2) is 20.4 Å². The van der Waals surface area contributed by atoms with Crippen LogP contribution in [0.25, 0.3) is 12.2 Å². The van der Waals surface area contributed by atoms with Gasteiger partial charge in [-0.1, -0.05) is 23.8 Å². The molecule has 4 heteroatoms. The Labute approximate surface area is 107 Å². The molecule has 1 aromatic carbocycles. The van der Waals surface area contributed by atoms with Crippen LogP contribution >= 0.6 is 0 Å². The fraction of sp³-hybridized carbons (Fsp3) is 0.286. The Morgan fingerprint density at radius 1 is 0.778 bits per heavy atom. The molecule has 1 heterocycles. The van der Waals surface area contributed by atoms with Crippen LogP contribution in [0.15, 0.2) is 12.1 Å². The Morgan fingerprint density at radius 2 is 1.33 bits per heavy atom. The van der Waals surface area contributed by atoms with Crippen molar-refractivity contribution >= 4 is 12.2 Å². The van der Waals surface area contributed by atoms with Gasteiger partial charge in [0.15, 0.2) is 11.6 Å². The summed E-state index contributed by atoms with van der Waals surface area (Å²) in [6, 6.07) is 4.33. The van der Waals surface area contributed by atoms with E-state index in [1.165, 1.54) is 22.3 Å². The van der Waals surface area contributed by atoms with Gasteiger partial charge in [0.1, 0.15) is 0 Å². The molecule has 0 saturated heterocycles. The summed E-state index contributed by atoms with van der Waals surface area (Å²) in [7, 11) is 0.